The number of thiophene rings is 1. The lowest BCUT2D eigenvalue weighted by atomic mass is 10.0. The molecule has 0 saturated carbocycles. The van der Waals surface area contributed by atoms with Gasteiger partial charge < -0.3 is 9.64 Å². The third-order valence-corrected chi connectivity index (χ3v) is 4.27. The maximum absolute atomic E-state index is 12.6. The SMILES string of the molecule is CC(=O)c1csc(C(=O)N2C[C@@H](C)OCC2(C)C)c1. The van der Waals surface area contributed by atoms with Crippen molar-refractivity contribution in [2.75, 3.05) is 13.2 Å². The van der Waals surface area contributed by atoms with E-state index in [0.717, 1.165) is 0 Å². The summed E-state index contributed by atoms with van der Waals surface area (Å²) in [7, 11) is 0. The summed E-state index contributed by atoms with van der Waals surface area (Å²) in [6.07, 6.45) is 0.0456. The maximum Gasteiger partial charge on any atom is 0.264 e. The van der Waals surface area contributed by atoms with E-state index in [1.54, 1.807) is 11.4 Å². The number of ether oxygens (including phenoxy) is 1. The van der Waals surface area contributed by atoms with Crippen molar-refractivity contribution in [3.8, 4) is 0 Å². The third-order valence-electron chi connectivity index (χ3n) is 3.35. The van der Waals surface area contributed by atoms with Gasteiger partial charge in [0.1, 0.15) is 0 Å². The maximum atomic E-state index is 12.6. The summed E-state index contributed by atoms with van der Waals surface area (Å²) in [5, 5.41) is 1.74. The molecule has 2 heterocycles. The third kappa shape index (κ3) is 2.87. The molecule has 104 valence electrons. The highest BCUT2D eigenvalue weighted by Crippen LogP contribution is 2.26. The van der Waals surface area contributed by atoms with E-state index in [-0.39, 0.29) is 23.3 Å². The molecule has 5 heteroatoms. The number of Topliss-reactive ketones (excluding diaryl/α,β-unsaturated/α-hetero) is 1. The van der Waals surface area contributed by atoms with Crippen LogP contribution < -0.4 is 0 Å². The largest absolute Gasteiger partial charge is 0.374 e. The van der Waals surface area contributed by atoms with Gasteiger partial charge in [-0.05, 0) is 33.8 Å². The summed E-state index contributed by atoms with van der Waals surface area (Å²) in [5.41, 5.74) is 0.289. The van der Waals surface area contributed by atoms with Crippen molar-refractivity contribution >= 4 is 23.0 Å². The molecule has 19 heavy (non-hydrogen) atoms. The summed E-state index contributed by atoms with van der Waals surface area (Å²) >= 11 is 1.33. The Labute approximate surface area is 117 Å². The number of carbonyl (C=O) groups excluding carboxylic acids is 2. The van der Waals surface area contributed by atoms with E-state index in [4.69, 9.17) is 4.74 Å². The minimum absolute atomic E-state index is 0.00935. The number of ketones is 1. The van der Waals surface area contributed by atoms with Gasteiger partial charge in [0.15, 0.2) is 5.78 Å². The van der Waals surface area contributed by atoms with E-state index in [9.17, 15) is 9.59 Å². The number of nitrogens with zero attached hydrogens (tertiary/aromatic N) is 1. The zero-order valence-electron chi connectivity index (χ0n) is 11.7. The molecule has 0 N–H and O–H groups in total. The van der Waals surface area contributed by atoms with Crippen LogP contribution in [-0.2, 0) is 4.74 Å². The second-order valence-electron chi connectivity index (χ2n) is 5.61. The second-order valence-corrected chi connectivity index (χ2v) is 6.52. The number of hydrogen-bond donors (Lipinski definition) is 0. The van der Waals surface area contributed by atoms with Crippen LogP contribution >= 0.6 is 11.3 Å². The molecule has 1 fully saturated rings. The number of amides is 1. The van der Waals surface area contributed by atoms with Crippen LogP contribution in [0, 0.1) is 0 Å². The molecule has 1 aromatic rings. The zero-order valence-corrected chi connectivity index (χ0v) is 12.5. The van der Waals surface area contributed by atoms with E-state index in [0.29, 0.717) is 23.6 Å². The van der Waals surface area contributed by atoms with Crippen molar-refractivity contribution in [2.45, 2.75) is 39.3 Å². The van der Waals surface area contributed by atoms with Gasteiger partial charge in [-0.25, -0.2) is 0 Å². The van der Waals surface area contributed by atoms with Gasteiger partial charge in [0.2, 0.25) is 0 Å². The smallest absolute Gasteiger partial charge is 0.264 e. The Morgan fingerprint density at radius 3 is 2.74 bits per heavy atom. The van der Waals surface area contributed by atoms with Gasteiger partial charge >= 0.3 is 0 Å². The standard InChI is InChI=1S/C14H19NO3S/c1-9-6-15(14(3,4)8-18-9)13(17)12-5-11(7-19-12)10(2)16/h5,7,9H,6,8H2,1-4H3/t9-/m1/s1. The lowest BCUT2D eigenvalue weighted by molar-refractivity contribution is -0.0754. The minimum atomic E-state index is -0.316. The van der Waals surface area contributed by atoms with Crippen molar-refractivity contribution in [1.82, 2.24) is 4.90 Å². The van der Waals surface area contributed by atoms with Crippen molar-refractivity contribution < 1.29 is 14.3 Å². The van der Waals surface area contributed by atoms with Gasteiger partial charge in [0.25, 0.3) is 5.91 Å². The second kappa shape index (κ2) is 5.06. The summed E-state index contributed by atoms with van der Waals surface area (Å²) in [6.45, 7) is 8.58. The predicted octanol–water partition coefficient (Wildman–Crippen LogP) is 2.59. The highest BCUT2D eigenvalue weighted by molar-refractivity contribution is 7.12. The fraction of sp³-hybridized carbons (Fsp3) is 0.571. The molecular weight excluding hydrogens is 262 g/mol. The molecule has 0 unspecified atom stereocenters. The molecular formula is C14H19NO3S. The molecule has 0 aliphatic carbocycles. The topological polar surface area (TPSA) is 46.6 Å². The van der Waals surface area contributed by atoms with E-state index in [1.165, 1.54) is 18.3 Å². The van der Waals surface area contributed by atoms with E-state index < -0.39 is 0 Å². The first-order valence-corrected chi connectivity index (χ1v) is 7.22. The number of rotatable bonds is 2. The Balaban J connectivity index is 2.23. The fourth-order valence-corrected chi connectivity index (χ4v) is 3.00. The lowest BCUT2D eigenvalue weighted by Crippen LogP contribution is -2.57. The number of hydrogen-bond acceptors (Lipinski definition) is 4. The fourth-order valence-electron chi connectivity index (χ4n) is 2.10. The van der Waals surface area contributed by atoms with Crippen LogP contribution in [0.15, 0.2) is 11.4 Å². The van der Waals surface area contributed by atoms with Crippen LogP contribution in [0.1, 0.15) is 47.7 Å². The van der Waals surface area contributed by atoms with Crippen LogP contribution in [0.2, 0.25) is 0 Å². The molecule has 1 aromatic heterocycles. The van der Waals surface area contributed by atoms with Crippen LogP contribution in [0.3, 0.4) is 0 Å². The molecule has 0 bridgehead atoms. The summed E-state index contributed by atoms with van der Waals surface area (Å²) in [6, 6.07) is 1.69. The van der Waals surface area contributed by atoms with Crippen molar-refractivity contribution in [3.63, 3.8) is 0 Å². The highest BCUT2D eigenvalue weighted by Gasteiger charge is 2.37. The molecule has 4 nitrogen and oxygen atoms in total. The monoisotopic (exact) mass is 281 g/mol. The Bertz CT molecular complexity index is 507. The average Bonchev–Trinajstić information content (AvgIpc) is 2.81. The Morgan fingerprint density at radius 1 is 1.47 bits per heavy atom. The van der Waals surface area contributed by atoms with Gasteiger partial charge in [-0.1, -0.05) is 0 Å². The molecule has 0 aromatic carbocycles. The summed E-state index contributed by atoms with van der Waals surface area (Å²) in [4.78, 5) is 26.3. The highest BCUT2D eigenvalue weighted by atomic mass is 32.1. The van der Waals surface area contributed by atoms with Crippen LogP contribution in [0.5, 0.6) is 0 Å². The van der Waals surface area contributed by atoms with E-state index >= 15 is 0 Å². The lowest BCUT2D eigenvalue weighted by Gasteiger charge is -2.44. The molecule has 1 amide bonds. The first-order chi connectivity index (χ1) is 8.81. The van der Waals surface area contributed by atoms with Gasteiger partial charge in [-0.15, -0.1) is 11.3 Å². The molecule has 1 aliphatic heterocycles. The summed E-state index contributed by atoms with van der Waals surface area (Å²) < 4.78 is 5.61. The quantitative estimate of drug-likeness (QED) is 0.783. The number of carbonyl (C=O) groups is 2. The van der Waals surface area contributed by atoms with E-state index in [2.05, 4.69) is 0 Å². The van der Waals surface area contributed by atoms with Crippen LogP contribution in [0.25, 0.3) is 0 Å². The van der Waals surface area contributed by atoms with Crippen molar-refractivity contribution in [3.05, 3.63) is 21.9 Å². The Morgan fingerprint density at radius 2 is 2.16 bits per heavy atom. The minimum Gasteiger partial charge on any atom is -0.374 e. The molecule has 0 spiro atoms. The molecule has 1 saturated heterocycles. The van der Waals surface area contributed by atoms with Gasteiger partial charge in [0.05, 0.1) is 23.1 Å². The molecule has 1 atom stereocenters. The van der Waals surface area contributed by atoms with Crippen LogP contribution in [-0.4, -0.2) is 41.4 Å². The predicted molar refractivity (Wildman–Crippen MR) is 74.9 cm³/mol. The average molecular weight is 281 g/mol. The molecule has 1 aliphatic rings. The van der Waals surface area contributed by atoms with Crippen LogP contribution in [0.4, 0.5) is 0 Å². The molecule has 2 rings (SSSR count). The van der Waals surface area contributed by atoms with Crippen molar-refractivity contribution in [2.24, 2.45) is 0 Å². The Kier molecular flexibility index (Phi) is 3.78. The first-order valence-electron chi connectivity index (χ1n) is 6.34. The van der Waals surface area contributed by atoms with Gasteiger partial charge in [0, 0.05) is 17.5 Å². The zero-order chi connectivity index (χ0) is 14.2. The van der Waals surface area contributed by atoms with Gasteiger partial charge in [-0.2, -0.15) is 0 Å². The van der Waals surface area contributed by atoms with Crippen molar-refractivity contribution in [1.29, 1.82) is 0 Å². The first kappa shape index (κ1) is 14.2. The Hall–Kier alpha value is -1.20. The normalized spacial score (nSPS) is 22.3. The van der Waals surface area contributed by atoms with E-state index in [1.807, 2.05) is 25.7 Å². The number of morpholine rings is 1. The molecule has 0 radical (unpaired) electrons. The van der Waals surface area contributed by atoms with Gasteiger partial charge in [-0.3, -0.25) is 9.59 Å². The summed E-state index contributed by atoms with van der Waals surface area (Å²) in [5.74, 6) is -0.0254.